The van der Waals surface area contributed by atoms with Crippen LogP contribution in [0.3, 0.4) is 0 Å². The maximum Gasteiger partial charge on any atom is 0.0724 e. The average molecular weight is 219 g/mol. The number of rotatable bonds is 3. The van der Waals surface area contributed by atoms with Crippen molar-refractivity contribution < 1.29 is 0 Å². The Bertz CT molecular complexity index is 299. The third kappa shape index (κ3) is 3.27. The van der Waals surface area contributed by atoms with Crippen molar-refractivity contribution >= 4 is 0 Å². The molecule has 0 amide bonds. The Morgan fingerprint density at radius 2 is 2.12 bits per heavy atom. The molecule has 1 aliphatic carbocycles. The van der Waals surface area contributed by atoms with Crippen molar-refractivity contribution in [3.8, 4) is 0 Å². The van der Waals surface area contributed by atoms with E-state index < -0.39 is 0 Å². The third-order valence-electron chi connectivity index (χ3n) is 3.52. The zero-order valence-electron chi connectivity index (χ0n) is 10.0. The number of aromatic nitrogens is 2. The standard InChI is InChI=1S/C13H21N3/c1-11-5-3-2-4-6-13(11)16-10-12-9-14-7-8-15-12/h7-9,11,13,16H,2-6,10H2,1H3. The highest BCUT2D eigenvalue weighted by Crippen LogP contribution is 2.23. The molecule has 1 aromatic rings. The first-order chi connectivity index (χ1) is 7.86. The molecular formula is C13H21N3. The molecule has 16 heavy (non-hydrogen) atoms. The summed E-state index contributed by atoms with van der Waals surface area (Å²) in [5.41, 5.74) is 1.04. The zero-order valence-corrected chi connectivity index (χ0v) is 10.0. The Labute approximate surface area is 97.7 Å². The second kappa shape index (κ2) is 5.94. The van der Waals surface area contributed by atoms with Crippen LogP contribution in [-0.2, 0) is 6.54 Å². The molecule has 0 aliphatic heterocycles. The number of hydrogen-bond donors (Lipinski definition) is 1. The normalized spacial score (nSPS) is 26.3. The summed E-state index contributed by atoms with van der Waals surface area (Å²) in [5, 5.41) is 3.63. The molecule has 1 fully saturated rings. The van der Waals surface area contributed by atoms with Crippen LogP contribution in [-0.4, -0.2) is 16.0 Å². The van der Waals surface area contributed by atoms with Gasteiger partial charge in [-0.1, -0.05) is 26.2 Å². The molecule has 88 valence electrons. The first kappa shape index (κ1) is 11.5. The maximum atomic E-state index is 4.29. The fourth-order valence-electron chi connectivity index (χ4n) is 2.45. The van der Waals surface area contributed by atoms with E-state index in [-0.39, 0.29) is 0 Å². The summed E-state index contributed by atoms with van der Waals surface area (Å²) in [6.07, 6.45) is 12.1. The summed E-state index contributed by atoms with van der Waals surface area (Å²) >= 11 is 0. The van der Waals surface area contributed by atoms with Crippen molar-refractivity contribution in [3.63, 3.8) is 0 Å². The summed E-state index contributed by atoms with van der Waals surface area (Å²) in [4.78, 5) is 8.37. The monoisotopic (exact) mass is 219 g/mol. The molecular weight excluding hydrogens is 198 g/mol. The van der Waals surface area contributed by atoms with Gasteiger partial charge in [-0.25, -0.2) is 0 Å². The summed E-state index contributed by atoms with van der Waals surface area (Å²) < 4.78 is 0. The number of nitrogens with zero attached hydrogens (tertiary/aromatic N) is 2. The van der Waals surface area contributed by atoms with E-state index in [9.17, 15) is 0 Å². The lowest BCUT2D eigenvalue weighted by Crippen LogP contribution is -2.34. The molecule has 3 nitrogen and oxygen atoms in total. The minimum absolute atomic E-state index is 0.657. The first-order valence-electron chi connectivity index (χ1n) is 6.34. The number of hydrogen-bond acceptors (Lipinski definition) is 3. The Morgan fingerprint density at radius 3 is 2.94 bits per heavy atom. The van der Waals surface area contributed by atoms with Gasteiger partial charge >= 0.3 is 0 Å². The van der Waals surface area contributed by atoms with E-state index in [1.54, 1.807) is 12.4 Å². The third-order valence-corrected chi connectivity index (χ3v) is 3.52. The molecule has 1 N–H and O–H groups in total. The minimum Gasteiger partial charge on any atom is -0.308 e. The van der Waals surface area contributed by atoms with Crippen molar-refractivity contribution in [3.05, 3.63) is 24.3 Å². The minimum atomic E-state index is 0.657. The molecule has 0 spiro atoms. The molecule has 1 saturated carbocycles. The highest BCUT2D eigenvalue weighted by molar-refractivity contribution is 4.94. The average Bonchev–Trinajstić information content (AvgIpc) is 2.53. The molecule has 2 unspecified atom stereocenters. The molecule has 0 bridgehead atoms. The van der Waals surface area contributed by atoms with E-state index in [2.05, 4.69) is 22.2 Å². The van der Waals surface area contributed by atoms with E-state index in [0.717, 1.165) is 18.2 Å². The quantitative estimate of drug-likeness (QED) is 0.794. The van der Waals surface area contributed by atoms with Crippen molar-refractivity contribution in [2.75, 3.05) is 0 Å². The Morgan fingerprint density at radius 1 is 1.25 bits per heavy atom. The predicted octanol–water partition coefficient (Wildman–Crippen LogP) is 2.54. The van der Waals surface area contributed by atoms with E-state index in [1.807, 2.05) is 6.20 Å². The van der Waals surface area contributed by atoms with Gasteiger partial charge in [0.1, 0.15) is 0 Å². The van der Waals surface area contributed by atoms with Crippen LogP contribution in [0.15, 0.2) is 18.6 Å². The largest absolute Gasteiger partial charge is 0.308 e. The fourth-order valence-corrected chi connectivity index (χ4v) is 2.45. The van der Waals surface area contributed by atoms with Gasteiger partial charge in [-0.2, -0.15) is 0 Å². The van der Waals surface area contributed by atoms with Crippen molar-refractivity contribution in [2.45, 2.75) is 51.6 Å². The molecule has 2 atom stereocenters. The summed E-state index contributed by atoms with van der Waals surface area (Å²) in [6.45, 7) is 3.21. The lowest BCUT2D eigenvalue weighted by atomic mass is 9.97. The Kier molecular flexibility index (Phi) is 4.28. The van der Waals surface area contributed by atoms with Crippen LogP contribution in [0, 0.1) is 5.92 Å². The summed E-state index contributed by atoms with van der Waals surface area (Å²) in [6, 6.07) is 0.657. The van der Waals surface area contributed by atoms with Gasteiger partial charge in [-0.05, 0) is 18.8 Å². The molecule has 2 rings (SSSR count). The van der Waals surface area contributed by atoms with Crippen molar-refractivity contribution in [1.82, 2.24) is 15.3 Å². The van der Waals surface area contributed by atoms with E-state index in [0.29, 0.717) is 6.04 Å². The lowest BCUT2D eigenvalue weighted by Gasteiger charge is -2.22. The molecule has 0 saturated heterocycles. The van der Waals surface area contributed by atoms with Gasteiger partial charge in [-0.3, -0.25) is 9.97 Å². The van der Waals surface area contributed by atoms with Crippen LogP contribution < -0.4 is 5.32 Å². The second-order valence-electron chi connectivity index (χ2n) is 4.80. The van der Waals surface area contributed by atoms with Crippen LogP contribution in [0.25, 0.3) is 0 Å². The van der Waals surface area contributed by atoms with Gasteiger partial charge in [0.2, 0.25) is 0 Å². The van der Waals surface area contributed by atoms with Gasteiger partial charge in [0.25, 0.3) is 0 Å². The molecule has 3 heteroatoms. The second-order valence-corrected chi connectivity index (χ2v) is 4.80. The molecule has 0 radical (unpaired) electrons. The van der Waals surface area contributed by atoms with Gasteiger partial charge in [0.05, 0.1) is 5.69 Å². The first-order valence-corrected chi connectivity index (χ1v) is 6.34. The topological polar surface area (TPSA) is 37.8 Å². The van der Waals surface area contributed by atoms with E-state index in [1.165, 1.54) is 32.1 Å². The Hall–Kier alpha value is -0.960. The number of nitrogens with one attached hydrogen (secondary N) is 1. The van der Waals surface area contributed by atoms with Crippen molar-refractivity contribution in [2.24, 2.45) is 5.92 Å². The van der Waals surface area contributed by atoms with Crippen LogP contribution in [0.2, 0.25) is 0 Å². The Balaban J connectivity index is 1.84. The molecule has 0 aromatic carbocycles. The van der Waals surface area contributed by atoms with E-state index >= 15 is 0 Å². The molecule has 1 heterocycles. The maximum absolute atomic E-state index is 4.29. The van der Waals surface area contributed by atoms with Crippen LogP contribution in [0.5, 0.6) is 0 Å². The lowest BCUT2D eigenvalue weighted by molar-refractivity contribution is 0.354. The van der Waals surface area contributed by atoms with Gasteiger partial charge in [0, 0.05) is 31.2 Å². The summed E-state index contributed by atoms with van der Waals surface area (Å²) in [5.74, 6) is 0.791. The molecule has 1 aromatic heterocycles. The van der Waals surface area contributed by atoms with Crippen LogP contribution >= 0.6 is 0 Å². The predicted molar refractivity (Wildman–Crippen MR) is 64.9 cm³/mol. The fraction of sp³-hybridized carbons (Fsp3) is 0.692. The van der Waals surface area contributed by atoms with Crippen LogP contribution in [0.4, 0.5) is 0 Å². The highest BCUT2D eigenvalue weighted by atomic mass is 14.9. The smallest absolute Gasteiger partial charge is 0.0724 e. The summed E-state index contributed by atoms with van der Waals surface area (Å²) in [7, 11) is 0. The SMILES string of the molecule is CC1CCCCCC1NCc1cnccn1. The highest BCUT2D eigenvalue weighted by Gasteiger charge is 2.19. The van der Waals surface area contributed by atoms with Gasteiger partial charge in [0.15, 0.2) is 0 Å². The van der Waals surface area contributed by atoms with E-state index in [4.69, 9.17) is 0 Å². The van der Waals surface area contributed by atoms with Crippen LogP contribution in [0.1, 0.15) is 44.7 Å². The van der Waals surface area contributed by atoms with Crippen molar-refractivity contribution in [1.29, 1.82) is 0 Å². The zero-order chi connectivity index (χ0) is 11.2. The van der Waals surface area contributed by atoms with Gasteiger partial charge in [-0.15, -0.1) is 0 Å². The molecule has 1 aliphatic rings. The van der Waals surface area contributed by atoms with Gasteiger partial charge < -0.3 is 5.32 Å².